The van der Waals surface area contributed by atoms with E-state index in [4.69, 9.17) is 13.2 Å². The lowest BCUT2D eigenvalue weighted by atomic mass is 9.84. The maximum atomic E-state index is 12.2. The van der Waals surface area contributed by atoms with Gasteiger partial charge in [-0.25, -0.2) is 4.98 Å². The standard InChI is InChI=1S/C29H33N5O3/c1-33-13-9-25(10-14-33)34-19-24(18-32-34)23-16-26(28(30)31-17-23)37-20-22-6-4-5-21(15-22)8-12-29(36)11-3-2-7-27(29)35/h4-6,15-19,25,36H,2-3,7,9-11,13-14,20H2,1H3,(H2,30,31)/i20D2. The first kappa shape index (κ1) is 22.5. The van der Waals surface area contributed by atoms with Crippen LogP contribution >= 0.6 is 0 Å². The molecule has 1 aromatic carbocycles. The summed E-state index contributed by atoms with van der Waals surface area (Å²) in [7, 11) is 2.12. The van der Waals surface area contributed by atoms with E-state index in [1.807, 2.05) is 10.9 Å². The molecule has 1 atom stereocenters. The number of nitrogens with zero attached hydrogens (tertiary/aromatic N) is 4. The van der Waals surface area contributed by atoms with Crippen LogP contribution in [0.5, 0.6) is 5.75 Å². The predicted molar refractivity (Wildman–Crippen MR) is 142 cm³/mol. The Kier molecular flexibility index (Phi) is 6.54. The van der Waals surface area contributed by atoms with Crippen LogP contribution < -0.4 is 10.5 Å². The number of benzene rings is 1. The topological polar surface area (TPSA) is 106 Å². The van der Waals surface area contributed by atoms with Gasteiger partial charge in [0.05, 0.1) is 15.0 Å². The molecule has 3 N–H and O–H groups in total. The lowest BCUT2D eigenvalue weighted by Gasteiger charge is -2.28. The number of likely N-dealkylation sites (tertiary alicyclic amines) is 1. The van der Waals surface area contributed by atoms with E-state index in [1.165, 1.54) is 0 Å². The third-order valence-corrected chi connectivity index (χ3v) is 7.09. The number of carbonyl (C=O) groups excluding carboxylic acids is 1. The summed E-state index contributed by atoms with van der Waals surface area (Å²) in [5, 5.41) is 15.2. The number of pyridine rings is 1. The summed E-state index contributed by atoms with van der Waals surface area (Å²) in [5.74, 6) is 5.47. The van der Waals surface area contributed by atoms with Gasteiger partial charge in [0, 0.05) is 35.5 Å². The molecule has 1 saturated heterocycles. The minimum atomic E-state index is -2.25. The van der Waals surface area contributed by atoms with Crippen molar-refractivity contribution in [2.45, 2.75) is 56.7 Å². The van der Waals surface area contributed by atoms with E-state index in [0.717, 1.165) is 49.9 Å². The zero-order chi connectivity index (χ0) is 27.6. The van der Waals surface area contributed by atoms with Crippen molar-refractivity contribution < 1.29 is 17.4 Å². The largest absolute Gasteiger partial charge is 0.485 e. The molecule has 192 valence electrons. The highest BCUT2D eigenvalue weighted by molar-refractivity contribution is 5.91. The molecule has 2 aliphatic rings. The van der Waals surface area contributed by atoms with Crippen molar-refractivity contribution in [2.75, 3.05) is 25.9 Å². The second-order valence-corrected chi connectivity index (χ2v) is 9.88. The van der Waals surface area contributed by atoms with Gasteiger partial charge >= 0.3 is 0 Å². The van der Waals surface area contributed by atoms with Crippen molar-refractivity contribution in [3.63, 3.8) is 0 Å². The Hall–Kier alpha value is -3.67. The van der Waals surface area contributed by atoms with Gasteiger partial charge in [0.15, 0.2) is 23.0 Å². The maximum absolute atomic E-state index is 12.2. The zero-order valence-electron chi connectivity index (χ0n) is 23.0. The number of anilines is 1. The molecular formula is C29H33N5O3. The molecule has 1 saturated carbocycles. The fraction of sp³-hybridized carbons (Fsp3) is 0.414. The number of nitrogens with two attached hydrogens (primary N) is 1. The average molecular weight is 502 g/mol. The van der Waals surface area contributed by atoms with Crippen molar-refractivity contribution in [3.05, 3.63) is 60.0 Å². The minimum absolute atomic E-state index is 0.0688. The summed E-state index contributed by atoms with van der Waals surface area (Å²) in [6.07, 6.45) is 9.57. The van der Waals surface area contributed by atoms with E-state index in [1.54, 1.807) is 42.7 Å². The number of ketones is 1. The number of aromatic nitrogens is 3. The molecule has 0 amide bonds. The van der Waals surface area contributed by atoms with E-state index in [9.17, 15) is 9.90 Å². The SMILES string of the molecule is [2H]C([2H])(Oc1cc(-c2cnn(C3CCN(C)CC3)c2)cnc1N)c1cccc(C#CC2(O)CCCCC2=O)c1. The Morgan fingerprint density at radius 2 is 2.08 bits per heavy atom. The molecule has 1 unspecified atom stereocenters. The Labute approximate surface area is 220 Å². The molecular weight excluding hydrogens is 466 g/mol. The van der Waals surface area contributed by atoms with Gasteiger partial charge < -0.3 is 20.5 Å². The number of hydrogen-bond donors (Lipinski definition) is 2. The highest BCUT2D eigenvalue weighted by Crippen LogP contribution is 2.29. The van der Waals surface area contributed by atoms with Crippen LogP contribution in [0, 0.1) is 11.8 Å². The van der Waals surface area contributed by atoms with E-state index in [0.29, 0.717) is 24.4 Å². The van der Waals surface area contributed by atoms with E-state index >= 15 is 0 Å². The second kappa shape index (κ2) is 10.8. The Balaban J connectivity index is 1.34. The second-order valence-electron chi connectivity index (χ2n) is 9.88. The summed E-state index contributed by atoms with van der Waals surface area (Å²) in [6, 6.07) is 8.50. The van der Waals surface area contributed by atoms with Crippen molar-refractivity contribution in [2.24, 2.45) is 0 Å². The van der Waals surface area contributed by atoms with Gasteiger partial charge in [-0.1, -0.05) is 24.0 Å². The molecule has 3 heterocycles. The summed E-state index contributed by atoms with van der Waals surface area (Å²) >= 11 is 0. The van der Waals surface area contributed by atoms with Crippen LogP contribution in [0.3, 0.4) is 0 Å². The molecule has 1 aliphatic carbocycles. The summed E-state index contributed by atoms with van der Waals surface area (Å²) in [5.41, 5.74) is 6.67. The van der Waals surface area contributed by atoms with Crippen molar-refractivity contribution in [1.82, 2.24) is 19.7 Å². The first-order valence-corrected chi connectivity index (χ1v) is 12.7. The molecule has 8 nitrogen and oxygen atoms in total. The van der Waals surface area contributed by atoms with Crippen molar-refractivity contribution in [3.8, 4) is 28.7 Å². The molecule has 1 aliphatic heterocycles. The summed E-state index contributed by atoms with van der Waals surface area (Å²) in [4.78, 5) is 18.7. The molecule has 37 heavy (non-hydrogen) atoms. The normalized spacial score (nSPS) is 22.1. The Bertz CT molecular complexity index is 1420. The molecule has 8 heteroatoms. The van der Waals surface area contributed by atoms with Crippen LogP contribution in [0.2, 0.25) is 0 Å². The van der Waals surface area contributed by atoms with Crippen LogP contribution in [0.4, 0.5) is 5.82 Å². The van der Waals surface area contributed by atoms with E-state index in [-0.39, 0.29) is 22.9 Å². The lowest BCUT2D eigenvalue weighted by molar-refractivity contribution is -0.134. The lowest BCUT2D eigenvalue weighted by Crippen LogP contribution is -2.39. The molecule has 2 fully saturated rings. The maximum Gasteiger partial charge on any atom is 0.184 e. The van der Waals surface area contributed by atoms with Gasteiger partial charge in [-0.05, 0) is 76.0 Å². The van der Waals surface area contributed by atoms with Crippen molar-refractivity contribution in [1.29, 1.82) is 0 Å². The van der Waals surface area contributed by atoms with E-state index < -0.39 is 12.2 Å². The predicted octanol–water partition coefficient (Wildman–Crippen LogP) is 3.60. The zero-order valence-corrected chi connectivity index (χ0v) is 21.0. The molecule has 2 aromatic heterocycles. The number of hydrogen-bond acceptors (Lipinski definition) is 7. The number of Topliss-reactive ketones (excluding diaryl/α,β-unsaturated/α-hetero) is 1. The van der Waals surface area contributed by atoms with Gasteiger partial charge in [0.1, 0.15) is 6.56 Å². The van der Waals surface area contributed by atoms with Gasteiger partial charge in [0.2, 0.25) is 0 Å². The molecule has 5 rings (SSSR count). The Morgan fingerprint density at radius 1 is 1.24 bits per heavy atom. The third kappa shape index (κ3) is 5.85. The fourth-order valence-corrected chi connectivity index (χ4v) is 4.74. The van der Waals surface area contributed by atoms with Crippen LogP contribution in [0.1, 0.15) is 58.4 Å². The molecule has 0 radical (unpaired) electrons. The monoisotopic (exact) mass is 501 g/mol. The average Bonchev–Trinajstić information content (AvgIpc) is 3.41. The minimum Gasteiger partial charge on any atom is -0.485 e. The van der Waals surface area contributed by atoms with E-state index in [2.05, 4.69) is 33.9 Å². The van der Waals surface area contributed by atoms with Crippen molar-refractivity contribution >= 4 is 11.6 Å². The van der Waals surface area contributed by atoms with Crippen LogP contribution in [-0.2, 0) is 11.4 Å². The van der Waals surface area contributed by atoms with Crippen LogP contribution in [-0.4, -0.2) is 56.3 Å². The highest BCUT2D eigenvalue weighted by Gasteiger charge is 2.35. The van der Waals surface area contributed by atoms with Gasteiger partial charge in [-0.3, -0.25) is 9.48 Å². The van der Waals surface area contributed by atoms with Gasteiger partial charge in [-0.15, -0.1) is 0 Å². The fourth-order valence-electron chi connectivity index (χ4n) is 4.74. The smallest absolute Gasteiger partial charge is 0.184 e. The van der Waals surface area contributed by atoms with Crippen LogP contribution in [0.15, 0.2) is 48.9 Å². The highest BCUT2D eigenvalue weighted by atomic mass is 16.5. The summed E-state index contributed by atoms with van der Waals surface area (Å²) < 4.78 is 25.0. The quantitative estimate of drug-likeness (QED) is 0.515. The number of ether oxygens (including phenoxy) is 1. The first-order valence-electron chi connectivity index (χ1n) is 13.7. The molecule has 0 spiro atoms. The summed E-state index contributed by atoms with van der Waals surface area (Å²) in [6.45, 7) is -0.188. The first-order chi connectivity index (χ1) is 18.6. The third-order valence-electron chi connectivity index (χ3n) is 7.09. The number of rotatable bonds is 5. The Morgan fingerprint density at radius 3 is 2.89 bits per heavy atom. The number of carbonyl (C=O) groups is 1. The number of piperidine rings is 1. The number of aliphatic hydroxyl groups is 1. The number of nitrogen functional groups attached to an aromatic ring is 1. The molecule has 3 aromatic rings. The van der Waals surface area contributed by atoms with Gasteiger partial charge in [-0.2, -0.15) is 5.10 Å². The van der Waals surface area contributed by atoms with Gasteiger partial charge in [0.25, 0.3) is 0 Å². The molecule has 0 bridgehead atoms. The van der Waals surface area contributed by atoms with Crippen LogP contribution in [0.25, 0.3) is 11.1 Å².